The quantitative estimate of drug-likeness (QED) is 0.855. The maximum atomic E-state index is 10.3. The lowest BCUT2D eigenvalue weighted by Gasteiger charge is -2.59. The lowest BCUT2D eigenvalue weighted by Crippen LogP contribution is -2.71. The van der Waals surface area contributed by atoms with Gasteiger partial charge in [0, 0.05) is 12.3 Å². The second-order valence-corrected chi connectivity index (χ2v) is 5.73. The highest BCUT2D eigenvalue weighted by atomic mass is 16.6. The number of ether oxygens (including phenoxy) is 2. The molecule has 1 aromatic rings. The van der Waals surface area contributed by atoms with E-state index in [-0.39, 0.29) is 24.7 Å². The van der Waals surface area contributed by atoms with E-state index in [1.807, 2.05) is 37.3 Å². The van der Waals surface area contributed by atoms with Crippen LogP contribution in [-0.2, 0) is 16.1 Å². The predicted octanol–water partition coefficient (Wildman–Crippen LogP) is 1.10. The van der Waals surface area contributed by atoms with Gasteiger partial charge in [0.1, 0.15) is 6.10 Å². The minimum Gasteiger partial charge on any atom is -0.396 e. The summed E-state index contributed by atoms with van der Waals surface area (Å²) < 4.78 is 11.7. The summed E-state index contributed by atoms with van der Waals surface area (Å²) in [5.74, 6) is -0.234. The molecule has 1 aliphatic carbocycles. The highest BCUT2D eigenvalue weighted by molar-refractivity contribution is 5.14. The highest BCUT2D eigenvalue weighted by Gasteiger charge is 2.60. The van der Waals surface area contributed by atoms with Crippen LogP contribution in [0, 0.1) is 5.92 Å². The molecular formula is C15H20O4. The number of hydrogen-bond acceptors (Lipinski definition) is 4. The summed E-state index contributed by atoms with van der Waals surface area (Å²) in [5, 5.41) is 19.7. The van der Waals surface area contributed by atoms with Crippen molar-refractivity contribution in [1.82, 2.24) is 0 Å². The van der Waals surface area contributed by atoms with E-state index < -0.39 is 11.7 Å². The lowest BCUT2D eigenvalue weighted by molar-refractivity contribution is -0.338. The number of rotatable bonds is 4. The van der Waals surface area contributed by atoms with E-state index in [9.17, 15) is 10.2 Å². The van der Waals surface area contributed by atoms with E-state index in [1.165, 1.54) is 0 Å². The third-order valence-corrected chi connectivity index (χ3v) is 4.34. The van der Waals surface area contributed by atoms with E-state index >= 15 is 0 Å². The van der Waals surface area contributed by atoms with Crippen LogP contribution in [0.3, 0.4) is 0 Å². The Bertz CT molecular complexity index is 427. The van der Waals surface area contributed by atoms with Crippen molar-refractivity contribution in [2.45, 2.75) is 43.9 Å². The predicted molar refractivity (Wildman–Crippen MR) is 69.5 cm³/mol. The molecule has 3 fully saturated rings. The Hall–Kier alpha value is -0.940. The van der Waals surface area contributed by atoms with Gasteiger partial charge in [-0.05, 0) is 12.5 Å². The Morgan fingerprint density at radius 2 is 2.05 bits per heavy atom. The standard InChI is InChI=1S/C15H20O4/c1-15-7-12(19-15)11(8-16)13(17)14(15)18-9-10-5-3-2-4-6-10/h2-6,11-14,16-17H,7-9H2,1H3/t11-,12-,13+,14-,15?/m0/s1. The van der Waals surface area contributed by atoms with Crippen LogP contribution in [0.25, 0.3) is 0 Å². The molecule has 2 saturated heterocycles. The number of benzene rings is 1. The molecule has 1 saturated carbocycles. The second kappa shape index (κ2) is 4.87. The summed E-state index contributed by atoms with van der Waals surface area (Å²) in [5.41, 5.74) is 0.658. The molecular weight excluding hydrogens is 244 g/mol. The Morgan fingerprint density at radius 3 is 2.68 bits per heavy atom. The summed E-state index contributed by atoms with van der Waals surface area (Å²) in [4.78, 5) is 0. The van der Waals surface area contributed by atoms with Crippen molar-refractivity contribution in [3.05, 3.63) is 35.9 Å². The van der Waals surface area contributed by atoms with Crippen molar-refractivity contribution in [3.63, 3.8) is 0 Å². The number of aliphatic hydroxyl groups is 2. The zero-order valence-corrected chi connectivity index (χ0v) is 11.0. The first-order valence-corrected chi connectivity index (χ1v) is 6.76. The molecule has 1 unspecified atom stereocenters. The van der Waals surface area contributed by atoms with Gasteiger partial charge in [-0.1, -0.05) is 30.3 Å². The van der Waals surface area contributed by atoms with Gasteiger partial charge in [0.15, 0.2) is 0 Å². The van der Waals surface area contributed by atoms with Crippen molar-refractivity contribution >= 4 is 0 Å². The Labute approximate surface area is 113 Å². The number of hydrogen-bond donors (Lipinski definition) is 2. The molecule has 3 aliphatic rings. The Balaban J connectivity index is 1.68. The average molecular weight is 264 g/mol. The van der Waals surface area contributed by atoms with E-state index in [4.69, 9.17) is 9.47 Å². The van der Waals surface area contributed by atoms with Gasteiger partial charge in [-0.2, -0.15) is 0 Å². The lowest BCUT2D eigenvalue weighted by atomic mass is 9.68. The number of aliphatic hydroxyl groups excluding tert-OH is 2. The third-order valence-electron chi connectivity index (χ3n) is 4.34. The molecule has 104 valence electrons. The molecule has 4 rings (SSSR count). The monoisotopic (exact) mass is 264 g/mol. The number of fused-ring (bicyclic) bond motifs is 2. The fourth-order valence-electron chi connectivity index (χ4n) is 3.22. The maximum absolute atomic E-state index is 10.3. The molecule has 0 radical (unpaired) electrons. The zero-order chi connectivity index (χ0) is 13.5. The molecule has 2 heterocycles. The van der Waals surface area contributed by atoms with Crippen LogP contribution in [0.1, 0.15) is 18.9 Å². The van der Waals surface area contributed by atoms with Gasteiger partial charge in [0.2, 0.25) is 0 Å². The average Bonchev–Trinajstić information content (AvgIpc) is 2.38. The van der Waals surface area contributed by atoms with Crippen LogP contribution < -0.4 is 0 Å². The summed E-state index contributed by atoms with van der Waals surface area (Å²) in [6.45, 7) is 2.35. The second-order valence-electron chi connectivity index (χ2n) is 5.73. The smallest absolute Gasteiger partial charge is 0.113 e. The van der Waals surface area contributed by atoms with Gasteiger partial charge in [0.05, 0.1) is 31.0 Å². The fraction of sp³-hybridized carbons (Fsp3) is 0.600. The minimum absolute atomic E-state index is 0.0263. The van der Waals surface area contributed by atoms with Crippen LogP contribution in [0.4, 0.5) is 0 Å². The maximum Gasteiger partial charge on any atom is 0.113 e. The molecule has 2 aliphatic heterocycles. The molecule has 2 N–H and O–H groups in total. The summed E-state index contributed by atoms with van der Waals surface area (Å²) in [6, 6.07) is 9.87. The van der Waals surface area contributed by atoms with Gasteiger partial charge in [-0.3, -0.25) is 0 Å². The molecule has 0 spiro atoms. The Morgan fingerprint density at radius 1 is 1.37 bits per heavy atom. The first-order valence-electron chi connectivity index (χ1n) is 6.76. The van der Waals surface area contributed by atoms with Crippen molar-refractivity contribution in [3.8, 4) is 0 Å². The third kappa shape index (κ3) is 2.19. The van der Waals surface area contributed by atoms with Crippen LogP contribution in [-0.4, -0.2) is 40.7 Å². The first-order chi connectivity index (χ1) is 9.14. The summed E-state index contributed by atoms with van der Waals surface area (Å²) in [7, 11) is 0. The molecule has 4 heteroatoms. The molecule has 0 aromatic heterocycles. The van der Waals surface area contributed by atoms with Crippen molar-refractivity contribution in [2.75, 3.05) is 6.61 Å². The zero-order valence-electron chi connectivity index (χ0n) is 11.0. The van der Waals surface area contributed by atoms with Crippen LogP contribution in [0.5, 0.6) is 0 Å². The molecule has 19 heavy (non-hydrogen) atoms. The summed E-state index contributed by atoms with van der Waals surface area (Å²) >= 11 is 0. The van der Waals surface area contributed by atoms with Gasteiger partial charge >= 0.3 is 0 Å². The molecule has 4 nitrogen and oxygen atoms in total. The van der Waals surface area contributed by atoms with Gasteiger partial charge < -0.3 is 19.7 Å². The molecule has 1 aromatic carbocycles. The van der Waals surface area contributed by atoms with Crippen molar-refractivity contribution in [2.24, 2.45) is 5.92 Å². The molecule has 2 bridgehead atoms. The van der Waals surface area contributed by atoms with Crippen LogP contribution >= 0.6 is 0 Å². The normalized spacial score (nSPS) is 40.8. The van der Waals surface area contributed by atoms with Crippen LogP contribution in [0.15, 0.2) is 30.3 Å². The molecule has 5 atom stereocenters. The highest BCUT2D eigenvalue weighted by Crippen LogP contribution is 2.48. The van der Waals surface area contributed by atoms with Crippen molar-refractivity contribution in [1.29, 1.82) is 0 Å². The minimum atomic E-state index is -0.661. The topological polar surface area (TPSA) is 58.9 Å². The fourth-order valence-corrected chi connectivity index (χ4v) is 3.22. The first kappa shape index (κ1) is 13.1. The van der Waals surface area contributed by atoms with E-state index in [0.29, 0.717) is 6.61 Å². The van der Waals surface area contributed by atoms with E-state index in [1.54, 1.807) is 0 Å². The molecule has 0 amide bonds. The van der Waals surface area contributed by atoms with Crippen LogP contribution in [0.2, 0.25) is 0 Å². The Kier molecular flexibility index (Phi) is 3.35. The van der Waals surface area contributed by atoms with E-state index in [0.717, 1.165) is 12.0 Å². The SMILES string of the molecule is CC12C[C@H](O1)[C@H](CO)[C@@H](O)[C@@H]2OCc1ccccc1. The van der Waals surface area contributed by atoms with Gasteiger partial charge in [0.25, 0.3) is 0 Å². The van der Waals surface area contributed by atoms with Gasteiger partial charge in [-0.15, -0.1) is 0 Å². The van der Waals surface area contributed by atoms with Crippen molar-refractivity contribution < 1.29 is 19.7 Å². The van der Waals surface area contributed by atoms with E-state index in [2.05, 4.69) is 0 Å². The summed E-state index contributed by atoms with van der Waals surface area (Å²) in [6.07, 6.45) is -0.225. The van der Waals surface area contributed by atoms with Gasteiger partial charge in [-0.25, -0.2) is 0 Å². The largest absolute Gasteiger partial charge is 0.396 e.